The van der Waals surface area contributed by atoms with Crippen molar-refractivity contribution in [3.8, 4) is 0 Å². The van der Waals surface area contributed by atoms with Crippen LogP contribution in [0.4, 0.5) is 15.8 Å². The third kappa shape index (κ3) is 3.46. The molecular weight excluding hydrogens is 408 g/mol. The fourth-order valence-corrected chi connectivity index (χ4v) is 3.85. The molecule has 3 nitrogen and oxygen atoms in total. The summed E-state index contributed by atoms with van der Waals surface area (Å²) in [7, 11) is 0. The van der Waals surface area contributed by atoms with E-state index in [1.165, 1.54) is 12.1 Å². The Bertz CT molecular complexity index is 1170. The van der Waals surface area contributed by atoms with Crippen LogP contribution in [0.5, 0.6) is 0 Å². The maximum atomic E-state index is 13.9. The van der Waals surface area contributed by atoms with Crippen molar-refractivity contribution < 1.29 is 4.39 Å². The number of halogens is 4. The van der Waals surface area contributed by atoms with Crippen molar-refractivity contribution in [3.05, 3.63) is 68.9 Å². The Labute approximate surface area is 170 Å². The Morgan fingerprint density at radius 1 is 0.963 bits per heavy atom. The van der Waals surface area contributed by atoms with Crippen molar-refractivity contribution >= 4 is 68.0 Å². The molecular formula is C20H15Cl3FN3. The van der Waals surface area contributed by atoms with Gasteiger partial charge in [-0.2, -0.15) is 0 Å². The molecule has 1 aromatic heterocycles. The van der Waals surface area contributed by atoms with Crippen LogP contribution in [0.25, 0.3) is 21.8 Å². The molecule has 138 valence electrons. The number of anilines is 2. The smallest absolute Gasteiger partial charge is 0.143 e. The van der Waals surface area contributed by atoms with Crippen LogP contribution in [0, 0.1) is 5.82 Å². The minimum atomic E-state index is -0.536. The van der Waals surface area contributed by atoms with Gasteiger partial charge in [0.2, 0.25) is 0 Å². The molecule has 0 saturated heterocycles. The number of hydrogen-bond acceptors (Lipinski definition) is 2. The quantitative estimate of drug-likeness (QED) is 0.322. The van der Waals surface area contributed by atoms with E-state index in [2.05, 4.69) is 10.3 Å². The zero-order valence-corrected chi connectivity index (χ0v) is 16.3. The minimum Gasteiger partial charge on any atom is -0.354 e. The number of rotatable bonds is 4. The van der Waals surface area contributed by atoms with E-state index in [-0.39, 0.29) is 5.02 Å². The van der Waals surface area contributed by atoms with Crippen LogP contribution in [0.1, 0.15) is 5.56 Å². The number of benzene rings is 3. The molecule has 0 aliphatic rings. The van der Waals surface area contributed by atoms with Crippen LogP contribution in [0.15, 0.2) is 42.5 Å². The molecule has 0 radical (unpaired) electrons. The van der Waals surface area contributed by atoms with Crippen molar-refractivity contribution in [2.75, 3.05) is 11.9 Å². The SMILES string of the molecule is NCCc1cc(Nc2cc(F)c(Cl)cc2Cl)cc2c1[nH]c1ccc(Cl)cc12. The van der Waals surface area contributed by atoms with Gasteiger partial charge >= 0.3 is 0 Å². The van der Waals surface area contributed by atoms with E-state index < -0.39 is 5.82 Å². The fraction of sp³-hybridized carbons (Fsp3) is 0.100. The van der Waals surface area contributed by atoms with Gasteiger partial charge in [-0.15, -0.1) is 0 Å². The average Bonchev–Trinajstić information content (AvgIpc) is 2.98. The lowest BCUT2D eigenvalue weighted by Gasteiger charge is -2.12. The summed E-state index contributed by atoms with van der Waals surface area (Å²) in [6.45, 7) is 0.505. The zero-order chi connectivity index (χ0) is 19.1. The number of fused-ring (bicyclic) bond motifs is 3. The predicted octanol–water partition coefficient (Wildman–Crippen LogP) is 6.67. The molecule has 0 unspecified atom stereocenters. The molecule has 4 N–H and O–H groups in total. The van der Waals surface area contributed by atoms with Gasteiger partial charge in [0.05, 0.1) is 15.7 Å². The summed E-state index contributed by atoms with van der Waals surface area (Å²) in [6.07, 6.45) is 0.690. The normalized spacial score (nSPS) is 11.4. The van der Waals surface area contributed by atoms with Crippen LogP contribution in [-0.2, 0) is 6.42 Å². The standard InChI is InChI=1S/C20H15Cl3FN3/c21-11-1-2-18-13(6-11)14-7-12(5-10(3-4-25)20(14)27-18)26-19-9-17(24)15(22)8-16(19)23/h1-2,5-9,26-27H,3-4,25H2. The van der Waals surface area contributed by atoms with Crippen LogP contribution in [-0.4, -0.2) is 11.5 Å². The second-order valence-electron chi connectivity index (χ2n) is 6.28. The van der Waals surface area contributed by atoms with E-state index in [0.29, 0.717) is 28.7 Å². The van der Waals surface area contributed by atoms with Gasteiger partial charge in [-0.1, -0.05) is 34.8 Å². The first-order chi connectivity index (χ1) is 13.0. The molecule has 3 aromatic carbocycles. The molecule has 0 bridgehead atoms. The van der Waals surface area contributed by atoms with Crippen molar-refractivity contribution in [2.24, 2.45) is 5.73 Å². The van der Waals surface area contributed by atoms with E-state index in [1.54, 1.807) is 0 Å². The van der Waals surface area contributed by atoms with Crippen LogP contribution in [0.2, 0.25) is 15.1 Å². The van der Waals surface area contributed by atoms with Crippen molar-refractivity contribution in [1.82, 2.24) is 4.98 Å². The fourth-order valence-electron chi connectivity index (χ4n) is 3.24. The minimum absolute atomic E-state index is 0.0175. The lowest BCUT2D eigenvalue weighted by atomic mass is 10.0. The Kier molecular flexibility index (Phi) is 4.91. The maximum absolute atomic E-state index is 13.9. The monoisotopic (exact) mass is 421 g/mol. The highest BCUT2D eigenvalue weighted by Gasteiger charge is 2.13. The van der Waals surface area contributed by atoms with E-state index in [4.69, 9.17) is 40.5 Å². The molecule has 0 atom stereocenters. The number of nitrogens with two attached hydrogens (primary N) is 1. The number of H-pyrrole nitrogens is 1. The molecule has 7 heteroatoms. The largest absolute Gasteiger partial charge is 0.354 e. The lowest BCUT2D eigenvalue weighted by molar-refractivity contribution is 0.629. The molecule has 0 aliphatic heterocycles. The van der Waals surface area contributed by atoms with Gasteiger partial charge in [0.25, 0.3) is 0 Å². The first-order valence-electron chi connectivity index (χ1n) is 8.32. The van der Waals surface area contributed by atoms with Gasteiger partial charge < -0.3 is 16.0 Å². The first kappa shape index (κ1) is 18.4. The Balaban J connectivity index is 1.89. The van der Waals surface area contributed by atoms with Gasteiger partial charge in [-0.25, -0.2) is 4.39 Å². The van der Waals surface area contributed by atoms with Gasteiger partial charge in [0.1, 0.15) is 5.82 Å². The number of hydrogen-bond donors (Lipinski definition) is 3. The third-order valence-corrected chi connectivity index (χ3v) is 5.29. The number of aromatic amines is 1. The highest BCUT2D eigenvalue weighted by atomic mass is 35.5. The van der Waals surface area contributed by atoms with E-state index in [1.807, 2.05) is 30.3 Å². The van der Waals surface area contributed by atoms with Gasteiger partial charge in [-0.05, 0) is 54.9 Å². The topological polar surface area (TPSA) is 53.8 Å². The van der Waals surface area contributed by atoms with Crippen LogP contribution >= 0.6 is 34.8 Å². The summed E-state index contributed by atoms with van der Waals surface area (Å²) < 4.78 is 13.9. The third-order valence-electron chi connectivity index (χ3n) is 4.45. The highest BCUT2D eigenvalue weighted by Crippen LogP contribution is 2.35. The second kappa shape index (κ2) is 7.21. The highest BCUT2D eigenvalue weighted by molar-refractivity contribution is 6.36. The van der Waals surface area contributed by atoms with E-state index in [9.17, 15) is 4.39 Å². The van der Waals surface area contributed by atoms with Crippen LogP contribution < -0.4 is 11.1 Å². The zero-order valence-electron chi connectivity index (χ0n) is 14.0. The molecule has 0 spiro atoms. The first-order valence-corrected chi connectivity index (χ1v) is 9.45. The Morgan fingerprint density at radius 2 is 1.78 bits per heavy atom. The number of nitrogens with one attached hydrogen (secondary N) is 2. The predicted molar refractivity (Wildman–Crippen MR) is 113 cm³/mol. The summed E-state index contributed by atoms with van der Waals surface area (Å²) in [5.41, 5.74) is 10.1. The Hall–Kier alpha value is -1.98. The Morgan fingerprint density at radius 3 is 2.56 bits per heavy atom. The molecule has 4 rings (SSSR count). The number of aromatic nitrogens is 1. The van der Waals surface area contributed by atoms with Gasteiger partial charge in [-0.3, -0.25) is 0 Å². The molecule has 1 heterocycles. The molecule has 4 aromatic rings. The molecule has 0 saturated carbocycles. The maximum Gasteiger partial charge on any atom is 0.143 e. The molecule has 0 fully saturated rings. The van der Waals surface area contributed by atoms with E-state index in [0.717, 1.165) is 33.1 Å². The van der Waals surface area contributed by atoms with E-state index >= 15 is 0 Å². The summed E-state index contributed by atoms with van der Waals surface area (Å²) in [4.78, 5) is 3.43. The van der Waals surface area contributed by atoms with Crippen molar-refractivity contribution in [2.45, 2.75) is 6.42 Å². The van der Waals surface area contributed by atoms with Gasteiger partial charge in [0.15, 0.2) is 0 Å². The lowest BCUT2D eigenvalue weighted by Crippen LogP contribution is -2.04. The molecule has 0 aliphatic carbocycles. The second-order valence-corrected chi connectivity index (χ2v) is 7.53. The average molecular weight is 423 g/mol. The van der Waals surface area contributed by atoms with Gasteiger partial charge in [0, 0.05) is 38.6 Å². The summed E-state index contributed by atoms with van der Waals surface area (Å²) >= 11 is 18.2. The van der Waals surface area contributed by atoms with Crippen molar-refractivity contribution in [1.29, 1.82) is 0 Å². The van der Waals surface area contributed by atoms with Crippen molar-refractivity contribution in [3.63, 3.8) is 0 Å². The summed E-state index contributed by atoms with van der Waals surface area (Å²) in [5.74, 6) is -0.536. The molecule has 0 amide bonds. The summed E-state index contributed by atoms with van der Waals surface area (Å²) in [5, 5.41) is 6.17. The molecule has 27 heavy (non-hydrogen) atoms. The van der Waals surface area contributed by atoms with Crippen LogP contribution in [0.3, 0.4) is 0 Å². The summed E-state index contributed by atoms with van der Waals surface area (Å²) in [6, 6.07) is 12.3.